The van der Waals surface area contributed by atoms with Crippen molar-refractivity contribution in [1.82, 2.24) is 14.5 Å². The third kappa shape index (κ3) is 3.79. The van der Waals surface area contributed by atoms with E-state index < -0.39 is 0 Å². The van der Waals surface area contributed by atoms with E-state index in [-0.39, 0.29) is 24.1 Å². The molecule has 2 rings (SSSR count). The number of ether oxygens (including phenoxy) is 1. The second kappa shape index (κ2) is 7.51. The SMILES string of the molecule is COC[C@@H](c1ccccn1)N(C)C(=O)Cn1ccccc1=O. The fourth-order valence-electron chi connectivity index (χ4n) is 2.15. The summed E-state index contributed by atoms with van der Waals surface area (Å²) in [7, 11) is 3.27. The molecule has 0 saturated carbocycles. The van der Waals surface area contributed by atoms with Gasteiger partial charge in [0.25, 0.3) is 5.56 Å². The van der Waals surface area contributed by atoms with Crippen LogP contribution in [0.2, 0.25) is 0 Å². The average Bonchev–Trinajstić information content (AvgIpc) is 2.55. The Hall–Kier alpha value is -2.47. The van der Waals surface area contributed by atoms with Crippen LogP contribution in [-0.2, 0) is 16.1 Å². The number of amides is 1. The fraction of sp³-hybridized carbons (Fsp3) is 0.312. The number of hydrogen-bond acceptors (Lipinski definition) is 4. The number of carbonyl (C=O) groups is 1. The molecule has 22 heavy (non-hydrogen) atoms. The first-order valence-corrected chi connectivity index (χ1v) is 6.94. The molecular weight excluding hydrogens is 282 g/mol. The van der Waals surface area contributed by atoms with Gasteiger partial charge in [-0.05, 0) is 18.2 Å². The Morgan fingerprint density at radius 3 is 2.73 bits per heavy atom. The van der Waals surface area contributed by atoms with Gasteiger partial charge in [-0.25, -0.2) is 0 Å². The van der Waals surface area contributed by atoms with E-state index >= 15 is 0 Å². The predicted molar refractivity (Wildman–Crippen MR) is 82.3 cm³/mol. The first kappa shape index (κ1) is 15.9. The minimum Gasteiger partial charge on any atom is -0.382 e. The number of rotatable bonds is 6. The third-order valence-corrected chi connectivity index (χ3v) is 3.42. The van der Waals surface area contributed by atoms with Crippen molar-refractivity contribution >= 4 is 5.91 Å². The lowest BCUT2D eigenvalue weighted by molar-refractivity contribution is -0.134. The van der Waals surface area contributed by atoms with Crippen molar-refractivity contribution in [3.05, 3.63) is 64.8 Å². The molecule has 0 bridgehead atoms. The van der Waals surface area contributed by atoms with Crippen LogP contribution in [0.25, 0.3) is 0 Å². The number of hydrogen-bond donors (Lipinski definition) is 0. The molecule has 0 aliphatic carbocycles. The van der Waals surface area contributed by atoms with Crippen LogP contribution in [0.5, 0.6) is 0 Å². The lowest BCUT2D eigenvalue weighted by atomic mass is 10.1. The highest BCUT2D eigenvalue weighted by atomic mass is 16.5. The molecule has 6 heteroatoms. The Balaban J connectivity index is 2.16. The highest BCUT2D eigenvalue weighted by Gasteiger charge is 2.22. The van der Waals surface area contributed by atoms with E-state index in [1.54, 1.807) is 43.6 Å². The van der Waals surface area contributed by atoms with Crippen molar-refractivity contribution in [2.45, 2.75) is 12.6 Å². The molecule has 2 aromatic rings. The molecule has 0 aliphatic heterocycles. The highest BCUT2D eigenvalue weighted by Crippen LogP contribution is 2.17. The van der Waals surface area contributed by atoms with Crippen LogP contribution in [0.15, 0.2) is 53.6 Å². The van der Waals surface area contributed by atoms with Crippen molar-refractivity contribution in [2.24, 2.45) is 0 Å². The predicted octanol–water partition coefficient (Wildman–Crippen LogP) is 1.09. The van der Waals surface area contributed by atoms with Gasteiger partial charge in [0.15, 0.2) is 0 Å². The Kier molecular flexibility index (Phi) is 5.43. The zero-order chi connectivity index (χ0) is 15.9. The summed E-state index contributed by atoms with van der Waals surface area (Å²) < 4.78 is 6.58. The summed E-state index contributed by atoms with van der Waals surface area (Å²) >= 11 is 0. The van der Waals surface area contributed by atoms with Crippen molar-refractivity contribution < 1.29 is 9.53 Å². The topological polar surface area (TPSA) is 64.4 Å². The second-order valence-electron chi connectivity index (χ2n) is 4.90. The van der Waals surface area contributed by atoms with E-state index in [4.69, 9.17) is 4.74 Å². The Morgan fingerprint density at radius 2 is 2.09 bits per heavy atom. The maximum Gasteiger partial charge on any atom is 0.250 e. The van der Waals surface area contributed by atoms with E-state index in [1.807, 2.05) is 18.2 Å². The maximum atomic E-state index is 12.4. The van der Waals surface area contributed by atoms with Gasteiger partial charge in [0.05, 0.1) is 18.3 Å². The lowest BCUT2D eigenvalue weighted by Crippen LogP contribution is -2.38. The van der Waals surface area contributed by atoms with Crippen LogP contribution < -0.4 is 5.56 Å². The van der Waals surface area contributed by atoms with Crippen molar-refractivity contribution in [3.8, 4) is 0 Å². The van der Waals surface area contributed by atoms with Crippen molar-refractivity contribution in [3.63, 3.8) is 0 Å². The molecule has 0 radical (unpaired) electrons. The molecule has 2 heterocycles. The Bertz CT molecular complexity index is 670. The van der Waals surface area contributed by atoms with E-state index in [0.717, 1.165) is 5.69 Å². The number of pyridine rings is 2. The number of likely N-dealkylation sites (N-methyl/N-ethyl adjacent to an activating group) is 1. The standard InChI is InChI=1S/C16H19N3O3/c1-18(14(12-22-2)13-7-3-5-9-17-13)16(21)11-19-10-6-4-8-15(19)20/h3-10,14H,11-12H2,1-2H3/t14-/m0/s1. The van der Waals surface area contributed by atoms with Crippen LogP contribution >= 0.6 is 0 Å². The van der Waals surface area contributed by atoms with Gasteiger partial charge in [-0.15, -0.1) is 0 Å². The molecule has 0 spiro atoms. The number of nitrogens with zero attached hydrogens (tertiary/aromatic N) is 3. The molecule has 1 atom stereocenters. The van der Waals surface area contributed by atoms with Gasteiger partial charge >= 0.3 is 0 Å². The minimum atomic E-state index is -0.293. The van der Waals surface area contributed by atoms with E-state index in [9.17, 15) is 9.59 Å². The minimum absolute atomic E-state index is 0.0107. The summed E-state index contributed by atoms with van der Waals surface area (Å²) in [5.41, 5.74) is 0.547. The van der Waals surface area contributed by atoms with E-state index in [0.29, 0.717) is 6.61 Å². The summed E-state index contributed by atoms with van der Waals surface area (Å²) in [6.45, 7) is 0.326. The molecule has 0 N–H and O–H groups in total. The number of aromatic nitrogens is 2. The number of carbonyl (C=O) groups excluding carboxylic acids is 1. The largest absolute Gasteiger partial charge is 0.382 e. The number of methoxy groups -OCH3 is 1. The van der Waals surface area contributed by atoms with Gasteiger partial charge in [0.1, 0.15) is 6.54 Å². The van der Waals surface area contributed by atoms with Crippen LogP contribution in [0.1, 0.15) is 11.7 Å². The van der Waals surface area contributed by atoms with Crippen molar-refractivity contribution in [1.29, 1.82) is 0 Å². The third-order valence-electron chi connectivity index (χ3n) is 3.42. The second-order valence-corrected chi connectivity index (χ2v) is 4.90. The normalized spacial score (nSPS) is 11.9. The molecule has 1 amide bonds. The summed E-state index contributed by atoms with van der Waals surface area (Å²) in [6.07, 6.45) is 3.28. The van der Waals surface area contributed by atoms with Crippen LogP contribution in [-0.4, -0.2) is 41.1 Å². The quantitative estimate of drug-likeness (QED) is 0.801. The van der Waals surface area contributed by atoms with Gasteiger partial charge in [-0.1, -0.05) is 12.1 Å². The summed E-state index contributed by atoms with van der Waals surface area (Å²) in [5, 5.41) is 0. The van der Waals surface area contributed by atoms with Crippen LogP contribution in [0, 0.1) is 0 Å². The zero-order valence-electron chi connectivity index (χ0n) is 12.7. The van der Waals surface area contributed by atoms with Crippen LogP contribution in [0.3, 0.4) is 0 Å². The van der Waals surface area contributed by atoms with Crippen LogP contribution in [0.4, 0.5) is 0 Å². The smallest absolute Gasteiger partial charge is 0.250 e. The van der Waals surface area contributed by atoms with Gasteiger partial charge < -0.3 is 14.2 Å². The van der Waals surface area contributed by atoms with E-state index in [1.165, 1.54) is 10.6 Å². The molecule has 116 valence electrons. The summed E-state index contributed by atoms with van der Waals surface area (Å²) in [4.78, 5) is 30.0. The first-order chi connectivity index (χ1) is 10.6. The molecule has 6 nitrogen and oxygen atoms in total. The monoisotopic (exact) mass is 301 g/mol. The molecular formula is C16H19N3O3. The van der Waals surface area contributed by atoms with Crippen molar-refractivity contribution in [2.75, 3.05) is 20.8 Å². The zero-order valence-corrected chi connectivity index (χ0v) is 12.7. The van der Waals surface area contributed by atoms with E-state index in [2.05, 4.69) is 4.98 Å². The lowest BCUT2D eigenvalue weighted by Gasteiger charge is -2.27. The van der Waals surface area contributed by atoms with Gasteiger partial charge in [0, 0.05) is 32.6 Å². The fourth-order valence-corrected chi connectivity index (χ4v) is 2.15. The Morgan fingerprint density at radius 1 is 1.32 bits per heavy atom. The molecule has 0 saturated heterocycles. The first-order valence-electron chi connectivity index (χ1n) is 6.94. The molecule has 0 aromatic carbocycles. The van der Waals surface area contributed by atoms with Gasteiger partial charge in [-0.3, -0.25) is 14.6 Å². The summed E-state index contributed by atoms with van der Waals surface area (Å²) in [5.74, 6) is -0.180. The Labute approximate surface area is 129 Å². The van der Waals surface area contributed by atoms with Gasteiger partial charge in [0.2, 0.25) is 5.91 Å². The maximum absolute atomic E-state index is 12.4. The summed E-state index contributed by atoms with van der Waals surface area (Å²) in [6, 6.07) is 10.0. The molecule has 0 fully saturated rings. The molecule has 0 aliphatic rings. The van der Waals surface area contributed by atoms with Gasteiger partial charge in [-0.2, -0.15) is 0 Å². The molecule has 0 unspecified atom stereocenters. The highest BCUT2D eigenvalue weighted by molar-refractivity contribution is 5.76. The molecule has 2 aromatic heterocycles. The average molecular weight is 301 g/mol.